The first-order valence-electron chi connectivity index (χ1n) is 5.91. The Labute approximate surface area is 120 Å². The molecule has 0 unspecified atom stereocenters. The monoisotopic (exact) mass is 351 g/mol. The molecule has 0 radical (unpaired) electrons. The molecule has 0 saturated heterocycles. The van der Waals surface area contributed by atoms with Crippen LogP contribution in [0.3, 0.4) is 0 Å². The summed E-state index contributed by atoms with van der Waals surface area (Å²) in [5.74, 6) is 1.74. The number of nitrogens with zero attached hydrogens (tertiary/aromatic N) is 1. The number of guanidine groups is 1. The van der Waals surface area contributed by atoms with Crippen molar-refractivity contribution in [2.45, 2.75) is 33.2 Å². The molecule has 1 aromatic rings. The molecule has 1 heterocycles. The first-order valence-corrected chi connectivity index (χ1v) is 5.91. The lowest BCUT2D eigenvalue weighted by Crippen LogP contribution is -2.37. The van der Waals surface area contributed by atoms with Gasteiger partial charge >= 0.3 is 0 Å². The highest BCUT2D eigenvalue weighted by Gasteiger charge is 1.97. The average molecular weight is 351 g/mol. The number of furan rings is 1. The van der Waals surface area contributed by atoms with Crippen LogP contribution in [0.25, 0.3) is 0 Å². The predicted octanol–water partition coefficient (Wildman–Crippen LogP) is 2.75. The van der Waals surface area contributed by atoms with Gasteiger partial charge in [0.2, 0.25) is 0 Å². The quantitative estimate of drug-likeness (QED) is 0.359. The minimum Gasteiger partial charge on any atom is -0.467 e. The molecule has 0 aliphatic rings. The smallest absolute Gasteiger partial charge is 0.191 e. The van der Waals surface area contributed by atoms with Crippen molar-refractivity contribution in [1.82, 2.24) is 10.6 Å². The van der Waals surface area contributed by atoms with Gasteiger partial charge in [0.05, 0.1) is 6.26 Å². The molecular weight excluding hydrogens is 329 g/mol. The summed E-state index contributed by atoms with van der Waals surface area (Å²) in [6, 6.07) is 3.81. The molecule has 0 aliphatic heterocycles. The third-order valence-electron chi connectivity index (χ3n) is 2.14. The molecule has 17 heavy (non-hydrogen) atoms. The fourth-order valence-corrected chi connectivity index (χ4v) is 1.28. The summed E-state index contributed by atoms with van der Waals surface area (Å²) in [5.41, 5.74) is 0. The molecule has 5 heteroatoms. The van der Waals surface area contributed by atoms with E-state index in [1.54, 1.807) is 6.26 Å². The van der Waals surface area contributed by atoms with Crippen LogP contribution in [0.5, 0.6) is 0 Å². The number of halogens is 1. The molecule has 0 spiro atoms. The third-order valence-corrected chi connectivity index (χ3v) is 2.14. The standard InChI is InChI=1S/C12H21N3O.HI/c1-3-5-8-14-12(13-4-2)15-10-11-7-6-9-16-11;/h6-7,9H,3-5,8,10H2,1-2H3,(H2,13,14,15);1H. The minimum atomic E-state index is 0. The number of rotatable bonds is 6. The number of hydrogen-bond acceptors (Lipinski definition) is 2. The van der Waals surface area contributed by atoms with Crippen molar-refractivity contribution in [1.29, 1.82) is 0 Å². The Balaban J connectivity index is 0.00000256. The number of unbranched alkanes of at least 4 members (excludes halogenated alkanes) is 1. The molecule has 1 aromatic heterocycles. The van der Waals surface area contributed by atoms with Crippen LogP contribution in [0.2, 0.25) is 0 Å². The van der Waals surface area contributed by atoms with E-state index in [2.05, 4.69) is 29.5 Å². The van der Waals surface area contributed by atoms with Gasteiger partial charge in [-0.05, 0) is 25.5 Å². The maximum atomic E-state index is 5.23. The third kappa shape index (κ3) is 7.25. The van der Waals surface area contributed by atoms with Gasteiger partial charge in [0.25, 0.3) is 0 Å². The lowest BCUT2D eigenvalue weighted by Gasteiger charge is -2.10. The van der Waals surface area contributed by atoms with Gasteiger partial charge in [-0.1, -0.05) is 13.3 Å². The topological polar surface area (TPSA) is 49.6 Å². The maximum absolute atomic E-state index is 5.23. The van der Waals surface area contributed by atoms with Gasteiger partial charge < -0.3 is 15.1 Å². The Morgan fingerprint density at radius 1 is 1.35 bits per heavy atom. The first kappa shape index (κ1) is 16.3. The van der Waals surface area contributed by atoms with Crippen molar-refractivity contribution < 1.29 is 4.42 Å². The van der Waals surface area contributed by atoms with Crippen molar-refractivity contribution >= 4 is 29.9 Å². The maximum Gasteiger partial charge on any atom is 0.191 e. The molecule has 0 aliphatic carbocycles. The van der Waals surface area contributed by atoms with E-state index in [0.717, 1.165) is 31.2 Å². The van der Waals surface area contributed by atoms with E-state index in [9.17, 15) is 0 Å². The Hall–Kier alpha value is -0.720. The molecule has 2 N–H and O–H groups in total. The summed E-state index contributed by atoms with van der Waals surface area (Å²) in [4.78, 5) is 4.43. The molecule has 0 bridgehead atoms. The molecule has 0 atom stereocenters. The minimum absolute atomic E-state index is 0. The van der Waals surface area contributed by atoms with E-state index in [1.165, 1.54) is 6.42 Å². The fraction of sp³-hybridized carbons (Fsp3) is 0.583. The Kier molecular flexibility index (Phi) is 9.99. The van der Waals surface area contributed by atoms with Crippen molar-refractivity contribution in [3.8, 4) is 0 Å². The van der Waals surface area contributed by atoms with Gasteiger partial charge in [-0.25, -0.2) is 4.99 Å². The molecule has 0 amide bonds. The van der Waals surface area contributed by atoms with E-state index in [0.29, 0.717) is 6.54 Å². The van der Waals surface area contributed by atoms with Crippen LogP contribution in [-0.4, -0.2) is 19.0 Å². The number of aliphatic imine (C=N–C) groups is 1. The molecule has 4 nitrogen and oxygen atoms in total. The van der Waals surface area contributed by atoms with Crippen molar-refractivity contribution in [3.63, 3.8) is 0 Å². The van der Waals surface area contributed by atoms with Crippen LogP contribution in [0.4, 0.5) is 0 Å². The van der Waals surface area contributed by atoms with Gasteiger partial charge in [-0.2, -0.15) is 0 Å². The normalized spacial score (nSPS) is 10.8. The largest absolute Gasteiger partial charge is 0.467 e. The average Bonchev–Trinajstić information content (AvgIpc) is 2.79. The Morgan fingerprint density at radius 3 is 2.76 bits per heavy atom. The Bertz CT molecular complexity index is 299. The molecule has 0 saturated carbocycles. The lowest BCUT2D eigenvalue weighted by molar-refractivity contribution is 0.512. The molecule has 0 aromatic carbocycles. The van der Waals surface area contributed by atoms with Crippen molar-refractivity contribution in [2.24, 2.45) is 4.99 Å². The van der Waals surface area contributed by atoms with E-state index in [-0.39, 0.29) is 24.0 Å². The highest BCUT2D eigenvalue weighted by atomic mass is 127. The number of nitrogens with one attached hydrogen (secondary N) is 2. The zero-order valence-electron chi connectivity index (χ0n) is 10.5. The summed E-state index contributed by atoms with van der Waals surface area (Å²) >= 11 is 0. The van der Waals surface area contributed by atoms with Crippen LogP contribution >= 0.6 is 24.0 Å². The van der Waals surface area contributed by atoms with Crippen LogP contribution in [-0.2, 0) is 6.54 Å². The summed E-state index contributed by atoms with van der Waals surface area (Å²) in [7, 11) is 0. The predicted molar refractivity (Wildman–Crippen MR) is 81.8 cm³/mol. The molecule has 1 rings (SSSR count). The Morgan fingerprint density at radius 2 is 2.18 bits per heavy atom. The first-order chi connectivity index (χ1) is 7.86. The second-order valence-corrected chi connectivity index (χ2v) is 3.55. The van der Waals surface area contributed by atoms with Gasteiger partial charge in [0.15, 0.2) is 5.96 Å². The second-order valence-electron chi connectivity index (χ2n) is 3.55. The van der Waals surface area contributed by atoms with E-state index < -0.39 is 0 Å². The summed E-state index contributed by atoms with van der Waals surface area (Å²) < 4.78 is 5.23. The van der Waals surface area contributed by atoms with Crippen LogP contribution in [0.1, 0.15) is 32.4 Å². The molecule has 98 valence electrons. The highest BCUT2D eigenvalue weighted by Crippen LogP contribution is 2.00. The van der Waals surface area contributed by atoms with Crippen LogP contribution < -0.4 is 10.6 Å². The van der Waals surface area contributed by atoms with Gasteiger partial charge in [0, 0.05) is 13.1 Å². The van der Waals surface area contributed by atoms with E-state index in [1.807, 2.05) is 12.1 Å². The van der Waals surface area contributed by atoms with Crippen molar-refractivity contribution in [2.75, 3.05) is 13.1 Å². The highest BCUT2D eigenvalue weighted by molar-refractivity contribution is 14.0. The van der Waals surface area contributed by atoms with Gasteiger partial charge in [-0.15, -0.1) is 24.0 Å². The summed E-state index contributed by atoms with van der Waals surface area (Å²) in [6.45, 7) is 6.64. The van der Waals surface area contributed by atoms with Crippen LogP contribution in [0.15, 0.2) is 27.8 Å². The number of hydrogen-bond donors (Lipinski definition) is 2. The zero-order chi connectivity index (χ0) is 11.6. The molecular formula is C12H22IN3O. The SMILES string of the molecule is CCCCNC(=NCc1ccco1)NCC.I. The summed E-state index contributed by atoms with van der Waals surface area (Å²) in [6.07, 6.45) is 4.01. The van der Waals surface area contributed by atoms with Crippen LogP contribution in [0, 0.1) is 0 Å². The lowest BCUT2D eigenvalue weighted by atomic mass is 10.3. The molecule has 0 fully saturated rings. The zero-order valence-corrected chi connectivity index (χ0v) is 12.9. The van der Waals surface area contributed by atoms with Gasteiger partial charge in [0.1, 0.15) is 12.3 Å². The fourth-order valence-electron chi connectivity index (χ4n) is 1.28. The summed E-state index contributed by atoms with van der Waals surface area (Å²) in [5, 5.41) is 6.48. The van der Waals surface area contributed by atoms with E-state index in [4.69, 9.17) is 4.42 Å². The van der Waals surface area contributed by atoms with E-state index >= 15 is 0 Å². The van der Waals surface area contributed by atoms with Gasteiger partial charge in [-0.3, -0.25) is 0 Å². The van der Waals surface area contributed by atoms with Crippen molar-refractivity contribution in [3.05, 3.63) is 24.2 Å². The second kappa shape index (κ2) is 10.4.